The zero-order valence-electron chi connectivity index (χ0n) is 18.4. The van der Waals surface area contributed by atoms with Crippen LogP contribution in [0.2, 0.25) is 0 Å². The van der Waals surface area contributed by atoms with E-state index in [9.17, 15) is 9.90 Å². The maximum Gasteiger partial charge on any atom is 0.274 e. The fourth-order valence-electron chi connectivity index (χ4n) is 3.77. The van der Waals surface area contributed by atoms with E-state index in [0.717, 1.165) is 22.6 Å². The minimum atomic E-state index is -0.597. The quantitative estimate of drug-likeness (QED) is 0.422. The van der Waals surface area contributed by atoms with Crippen LogP contribution < -0.4 is 0 Å². The Morgan fingerprint density at radius 3 is 2.50 bits per heavy atom. The van der Waals surface area contributed by atoms with Gasteiger partial charge in [-0.15, -0.1) is 11.3 Å². The first-order chi connectivity index (χ1) is 15.5. The van der Waals surface area contributed by atoms with E-state index in [4.69, 9.17) is 0 Å². The number of hydrogen-bond donors (Lipinski definition) is 1. The molecule has 4 aromatic rings. The first kappa shape index (κ1) is 22.2. The SMILES string of the molecule is CN(Cc1c(C(=O)N(C)CCc2ccccc2)nc2sccn12)C[C@@H](O)c1ccccc1. The predicted molar refractivity (Wildman–Crippen MR) is 128 cm³/mol. The van der Waals surface area contributed by atoms with Gasteiger partial charge in [-0.05, 0) is 24.6 Å². The lowest BCUT2D eigenvalue weighted by atomic mass is 10.1. The lowest BCUT2D eigenvalue weighted by molar-refractivity contribution is 0.0788. The van der Waals surface area contributed by atoms with Gasteiger partial charge < -0.3 is 10.0 Å². The van der Waals surface area contributed by atoms with Gasteiger partial charge in [0.2, 0.25) is 0 Å². The number of rotatable bonds is 9. The molecule has 1 atom stereocenters. The standard InChI is InChI=1S/C25H28N4O2S/c1-27(18-22(30)20-11-7-4-8-12-20)17-21-23(26-25-29(21)15-16-32-25)24(31)28(2)14-13-19-9-5-3-6-10-19/h3-12,15-16,22,30H,13-14,17-18H2,1-2H3/t22-/m1/s1. The molecule has 0 aliphatic carbocycles. The van der Waals surface area contributed by atoms with Crippen LogP contribution in [0.5, 0.6) is 0 Å². The second-order valence-corrected chi connectivity index (χ2v) is 8.92. The van der Waals surface area contributed by atoms with Crippen molar-refractivity contribution in [3.05, 3.63) is 94.8 Å². The van der Waals surface area contributed by atoms with Crippen LogP contribution in [0.15, 0.2) is 72.2 Å². The molecule has 0 fully saturated rings. The van der Waals surface area contributed by atoms with Crippen molar-refractivity contribution in [1.29, 1.82) is 0 Å². The molecular formula is C25H28N4O2S. The summed E-state index contributed by atoms with van der Waals surface area (Å²) in [5, 5.41) is 12.6. The number of aliphatic hydroxyl groups excluding tert-OH is 1. The van der Waals surface area contributed by atoms with Crippen LogP contribution in [0.25, 0.3) is 4.96 Å². The maximum absolute atomic E-state index is 13.3. The highest BCUT2D eigenvalue weighted by atomic mass is 32.1. The summed E-state index contributed by atoms with van der Waals surface area (Å²) < 4.78 is 1.98. The number of hydrogen-bond acceptors (Lipinski definition) is 5. The topological polar surface area (TPSA) is 61.1 Å². The van der Waals surface area contributed by atoms with Crippen LogP contribution >= 0.6 is 11.3 Å². The molecule has 166 valence electrons. The van der Waals surface area contributed by atoms with Gasteiger partial charge in [-0.3, -0.25) is 14.1 Å². The van der Waals surface area contributed by atoms with Crippen molar-refractivity contribution in [1.82, 2.24) is 19.2 Å². The molecule has 2 aromatic carbocycles. The molecule has 0 saturated carbocycles. The Hall–Kier alpha value is -3.00. The van der Waals surface area contributed by atoms with Crippen molar-refractivity contribution in [3.8, 4) is 0 Å². The third kappa shape index (κ3) is 5.07. The molecule has 0 unspecified atom stereocenters. The second kappa shape index (κ2) is 10.1. The number of amides is 1. The number of aliphatic hydroxyl groups is 1. The van der Waals surface area contributed by atoms with Crippen LogP contribution in [0.4, 0.5) is 0 Å². The van der Waals surface area contributed by atoms with E-state index in [-0.39, 0.29) is 5.91 Å². The van der Waals surface area contributed by atoms with Crippen molar-refractivity contribution < 1.29 is 9.90 Å². The Morgan fingerprint density at radius 2 is 1.78 bits per heavy atom. The largest absolute Gasteiger partial charge is 0.387 e. The predicted octanol–water partition coefficient (Wildman–Crippen LogP) is 3.88. The molecule has 1 amide bonds. The molecule has 6 nitrogen and oxygen atoms in total. The van der Waals surface area contributed by atoms with Crippen LogP contribution in [0.1, 0.15) is 33.4 Å². The Balaban J connectivity index is 1.48. The lowest BCUT2D eigenvalue weighted by Crippen LogP contribution is -2.31. The van der Waals surface area contributed by atoms with Gasteiger partial charge in [-0.1, -0.05) is 60.7 Å². The van der Waals surface area contributed by atoms with Crippen molar-refractivity contribution in [2.24, 2.45) is 0 Å². The number of fused-ring (bicyclic) bond motifs is 1. The smallest absolute Gasteiger partial charge is 0.274 e. The number of nitrogens with zero attached hydrogens (tertiary/aromatic N) is 4. The van der Waals surface area contributed by atoms with Gasteiger partial charge >= 0.3 is 0 Å². The minimum absolute atomic E-state index is 0.0798. The highest BCUT2D eigenvalue weighted by Crippen LogP contribution is 2.21. The third-order valence-electron chi connectivity index (χ3n) is 5.58. The molecule has 0 bridgehead atoms. The number of carbonyl (C=O) groups excluding carboxylic acids is 1. The fraction of sp³-hybridized carbons (Fsp3) is 0.280. The van der Waals surface area contributed by atoms with Gasteiger partial charge in [-0.2, -0.15) is 0 Å². The van der Waals surface area contributed by atoms with E-state index >= 15 is 0 Å². The Labute approximate surface area is 192 Å². The molecule has 4 rings (SSSR count). The molecule has 32 heavy (non-hydrogen) atoms. The summed E-state index contributed by atoms with van der Waals surface area (Å²) in [6.07, 6.45) is 2.15. The average molecular weight is 449 g/mol. The summed E-state index contributed by atoms with van der Waals surface area (Å²) in [7, 11) is 3.77. The summed E-state index contributed by atoms with van der Waals surface area (Å²) >= 11 is 1.51. The molecule has 0 saturated heterocycles. The number of likely N-dealkylation sites (N-methyl/N-ethyl adjacent to an activating group) is 2. The zero-order chi connectivity index (χ0) is 22.5. The van der Waals surface area contributed by atoms with Crippen LogP contribution in [0.3, 0.4) is 0 Å². The van der Waals surface area contributed by atoms with Gasteiger partial charge in [0.1, 0.15) is 0 Å². The van der Waals surface area contributed by atoms with Crippen LogP contribution in [0, 0.1) is 0 Å². The number of carbonyl (C=O) groups is 1. The van der Waals surface area contributed by atoms with Gasteiger partial charge in [0.15, 0.2) is 10.7 Å². The highest BCUT2D eigenvalue weighted by molar-refractivity contribution is 7.15. The molecular weight excluding hydrogens is 420 g/mol. The first-order valence-corrected chi connectivity index (χ1v) is 11.6. The van der Waals surface area contributed by atoms with Gasteiger partial charge in [0, 0.05) is 38.3 Å². The molecule has 7 heteroatoms. The molecule has 0 spiro atoms. The van der Waals surface area contributed by atoms with Gasteiger partial charge in [-0.25, -0.2) is 4.98 Å². The summed E-state index contributed by atoms with van der Waals surface area (Å²) in [6.45, 7) is 1.59. The molecule has 2 heterocycles. The lowest BCUT2D eigenvalue weighted by Gasteiger charge is -2.22. The van der Waals surface area contributed by atoms with E-state index in [1.165, 1.54) is 16.9 Å². The van der Waals surface area contributed by atoms with Crippen molar-refractivity contribution >= 4 is 22.2 Å². The molecule has 0 aliphatic rings. The maximum atomic E-state index is 13.3. The highest BCUT2D eigenvalue weighted by Gasteiger charge is 2.24. The van der Waals surface area contributed by atoms with E-state index < -0.39 is 6.10 Å². The Morgan fingerprint density at radius 1 is 1.09 bits per heavy atom. The summed E-state index contributed by atoms with van der Waals surface area (Å²) in [6, 6.07) is 19.8. The first-order valence-electron chi connectivity index (χ1n) is 10.7. The van der Waals surface area contributed by atoms with Crippen molar-refractivity contribution in [2.45, 2.75) is 19.1 Å². The normalized spacial score (nSPS) is 12.4. The number of benzene rings is 2. The van der Waals surface area contributed by atoms with Crippen molar-refractivity contribution in [3.63, 3.8) is 0 Å². The minimum Gasteiger partial charge on any atom is -0.387 e. The Bertz CT molecular complexity index is 1160. The summed E-state index contributed by atoms with van der Waals surface area (Å²) in [5.74, 6) is -0.0798. The van der Waals surface area contributed by atoms with E-state index in [1.54, 1.807) is 4.90 Å². The summed E-state index contributed by atoms with van der Waals surface area (Å²) in [5.41, 5.74) is 3.41. The average Bonchev–Trinajstić information content (AvgIpc) is 3.41. The van der Waals surface area contributed by atoms with E-state index in [2.05, 4.69) is 17.1 Å². The molecule has 1 N–H and O–H groups in total. The monoisotopic (exact) mass is 448 g/mol. The summed E-state index contributed by atoms with van der Waals surface area (Å²) in [4.78, 5) is 22.5. The van der Waals surface area contributed by atoms with E-state index in [1.807, 2.05) is 83.5 Å². The second-order valence-electron chi connectivity index (χ2n) is 8.05. The number of aromatic nitrogens is 2. The van der Waals surface area contributed by atoms with Crippen molar-refractivity contribution in [2.75, 3.05) is 27.2 Å². The molecule has 2 aromatic heterocycles. The number of imidazole rings is 1. The molecule has 0 radical (unpaired) electrons. The van der Waals surface area contributed by atoms with Crippen LogP contribution in [-0.4, -0.2) is 57.4 Å². The molecule has 0 aliphatic heterocycles. The van der Waals surface area contributed by atoms with E-state index in [0.29, 0.717) is 25.3 Å². The zero-order valence-corrected chi connectivity index (χ0v) is 19.2. The van der Waals surface area contributed by atoms with Gasteiger partial charge in [0.05, 0.1) is 11.8 Å². The fourth-order valence-corrected chi connectivity index (χ4v) is 4.51. The number of thiazole rings is 1. The van der Waals surface area contributed by atoms with Crippen LogP contribution in [-0.2, 0) is 13.0 Å². The third-order valence-corrected chi connectivity index (χ3v) is 6.33. The Kier molecular flexibility index (Phi) is 6.99. The van der Waals surface area contributed by atoms with Gasteiger partial charge in [0.25, 0.3) is 5.91 Å².